The summed E-state index contributed by atoms with van der Waals surface area (Å²) in [6.07, 6.45) is 5.52. The highest BCUT2D eigenvalue weighted by Crippen LogP contribution is 2.31. The van der Waals surface area contributed by atoms with E-state index < -0.39 is 0 Å². The fourth-order valence-corrected chi connectivity index (χ4v) is 5.83. The van der Waals surface area contributed by atoms with Gasteiger partial charge in [0.15, 0.2) is 4.96 Å². The Bertz CT molecular complexity index is 1270. The van der Waals surface area contributed by atoms with Gasteiger partial charge < -0.3 is 15.5 Å². The van der Waals surface area contributed by atoms with E-state index in [0.29, 0.717) is 18.2 Å². The maximum Gasteiger partial charge on any atom is 0.251 e. The Morgan fingerprint density at radius 1 is 1.21 bits per heavy atom. The smallest absolute Gasteiger partial charge is 0.251 e. The van der Waals surface area contributed by atoms with Gasteiger partial charge in [-0.05, 0) is 69.2 Å². The van der Waals surface area contributed by atoms with E-state index in [1.165, 1.54) is 18.4 Å². The van der Waals surface area contributed by atoms with Gasteiger partial charge in [-0.25, -0.2) is 4.98 Å². The molecule has 0 spiro atoms. The predicted molar refractivity (Wildman–Crippen MR) is 141 cm³/mol. The first-order valence-electron chi connectivity index (χ1n) is 12.4. The van der Waals surface area contributed by atoms with Crippen molar-refractivity contribution in [2.24, 2.45) is 0 Å². The van der Waals surface area contributed by atoms with Crippen LogP contribution >= 0.6 is 11.3 Å². The summed E-state index contributed by atoms with van der Waals surface area (Å²) in [6, 6.07) is 15.2. The van der Waals surface area contributed by atoms with Gasteiger partial charge in [0.2, 0.25) is 0 Å². The third-order valence-electron chi connectivity index (χ3n) is 6.86. The van der Waals surface area contributed by atoms with Crippen LogP contribution in [0.4, 0.5) is 0 Å². The zero-order valence-electron chi connectivity index (χ0n) is 20.0. The van der Waals surface area contributed by atoms with Gasteiger partial charge in [0.25, 0.3) is 5.91 Å². The van der Waals surface area contributed by atoms with Crippen molar-refractivity contribution in [3.63, 3.8) is 0 Å². The van der Waals surface area contributed by atoms with Gasteiger partial charge in [-0.15, -0.1) is 0 Å². The molecule has 178 valence electrons. The zero-order chi connectivity index (χ0) is 23.5. The molecule has 2 aromatic heterocycles. The van der Waals surface area contributed by atoms with E-state index in [2.05, 4.69) is 64.2 Å². The molecule has 0 radical (unpaired) electrons. The molecule has 3 heterocycles. The molecule has 0 bridgehead atoms. The molecule has 1 atom stereocenters. The Hall–Kier alpha value is -2.74. The lowest BCUT2D eigenvalue weighted by molar-refractivity contribution is 0.0952. The van der Waals surface area contributed by atoms with Gasteiger partial charge in [-0.1, -0.05) is 49.4 Å². The average molecular weight is 476 g/mol. The first-order chi connectivity index (χ1) is 16.7. The normalized spacial score (nSPS) is 16.1. The molecule has 0 saturated carbocycles. The number of benzene rings is 2. The molecule has 1 amide bonds. The van der Waals surface area contributed by atoms with Crippen molar-refractivity contribution in [1.29, 1.82) is 0 Å². The van der Waals surface area contributed by atoms with Gasteiger partial charge in [0.05, 0.1) is 15.9 Å². The molecule has 2 N–H and O–H groups in total. The fourth-order valence-electron chi connectivity index (χ4n) is 4.78. The van der Waals surface area contributed by atoms with Crippen molar-refractivity contribution < 1.29 is 4.79 Å². The minimum Gasteiger partial charge on any atom is -0.352 e. The quantitative estimate of drug-likeness (QED) is 0.331. The predicted octanol–water partition coefficient (Wildman–Crippen LogP) is 5.10. The van der Waals surface area contributed by atoms with E-state index in [1.807, 2.05) is 18.2 Å². The van der Waals surface area contributed by atoms with Gasteiger partial charge >= 0.3 is 0 Å². The van der Waals surface area contributed by atoms with Crippen LogP contribution in [0.15, 0.2) is 48.7 Å². The number of carbonyl (C=O) groups excluding carboxylic acids is 1. The summed E-state index contributed by atoms with van der Waals surface area (Å²) in [5, 5.41) is 6.62. The maximum atomic E-state index is 12.6. The van der Waals surface area contributed by atoms with Gasteiger partial charge in [-0.2, -0.15) is 0 Å². The molecule has 4 aromatic rings. The molecule has 5 rings (SSSR count). The van der Waals surface area contributed by atoms with E-state index in [1.54, 1.807) is 11.3 Å². The lowest BCUT2D eigenvalue weighted by Gasteiger charge is -2.17. The largest absolute Gasteiger partial charge is 0.352 e. The van der Waals surface area contributed by atoms with Crippen molar-refractivity contribution >= 4 is 32.4 Å². The van der Waals surface area contributed by atoms with Gasteiger partial charge in [-0.3, -0.25) is 9.20 Å². The number of aromatic nitrogens is 2. The van der Waals surface area contributed by atoms with Crippen LogP contribution < -0.4 is 10.6 Å². The first-order valence-corrected chi connectivity index (χ1v) is 13.2. The molecule has 1 fully saturated rings. The summed E-state index contributed by atoms with van der Waals surface area (Å²) in [7, 11) is 0. The highest BCUT2D eigenvalue weighted by Gasteiger charge is 2.17. The minimum absolute atomic E-state index is 0.00924. The summed E-state index contributed by atoms with van der Waals surface area (Å²) < 4.78 is 3.21. The molecule has 0 aliphatic carbocycles. The second kappa shape index (κ2) is 10.3. The summed E-state index contributed by atoms with van der Waals surface area (Å²) in [6.45, 7) is 9.25. The van der Waals surface area contributed by atoms with Gasteiger partial charge in [0.1, 0.15) is 0 Å². The standard InChI is InChI=1S/C27H33N5OS/c1-3-31(4-2)16-6-15-29-26(33)21-12-13-24-25(17-21)34-27-30-23(18-32(24)27)20-10-8-19(9-11-20)22-7-5-14-28-22/h8-13,17-18,22,28H,3-7,14-16H2,1-2H3,(H,29,33)/t22-/m0/s1. The Morgan fingerprint density at radius 2 is 2.03 bits per heavy atom. The van der Waals surface area contributed by atoms with E-state index in [-0.39, 0.29) is 5.91 Å². The highest BCUT2D eigenvalue weighted by molar-refractivity contribution is 7.23. The van der Waals surface area contributed by atoms with Gasteiger partial charge in [0, 0.05) is 29.9 Å². The second-order valence-electron chi connectivity index (χ2n) is 8.97. The monoisotopic (exact) mass is 475 g/mol. The second-order valence-corrected chi connectivity index (χ2v) is 9.98. The SMILES string of the molecule is CCN(CC)CCCNC(=O)c1ccc2c(c1)sc1nc(-c3ccc([C@@H]4CCCN4)cc3)cn12. The van der Waals surface area contributed by atoms with Crippen LogP contribution in [0.1, 0.15) is 55.1 Å². The number of imidazole rings is 1. The number of nitrogens with one attached hydrogen (secondary N) is 2. The minimum atomic E-state index is -0.00924. The molecule has 1 aliphatic rings. The molecule has 2 aromatic carbocycles. The number of amides is 1. The number of thiazole rings is 1. The van der Waals surface area contributed by atoms with Crippen LogP contribution in [0.2, 0.25) is 0 Å². The van der Waals surface area contributed by atoms with Crippen LogP contribution in [-0.2, 0) is 0 Å². The Labute approximate surface area is 205 Å². The summed E-state index contributed by atoms with van der Waals surface area (Å²) in [4.78, 5) is 20.8. The van der Waals surface area contributed by atoms with Crippen LogP contribution in [0.3, 0.4) is 0 Å². The molecule has 6 nitrogen and oxygen atoms in total. The summed E-state index contributed by atoms with van der Waals surface area (Å²) >= 11 is 1.63. The number of hydrogen-bond donors (Lipinski definition) is 2. The Kier molecular flexibility index (Phi) is 6.94. The topological polar surface area (TPSA) is 61.7 Å². The van der Waals surface area contributed by atoms with E-state index >= 15 is 0 Å². The van der Waals surface area contributed by atoms with Crippen molar-refractivity contribution in [2.45, 2.75) is 39.2 Å². The summed E-state index contributed by atoms with van der Waals surface area (Å²) in [5.74, 6) is -0.00924. The highest BCUT2D eigenvalue weighted by atomic mass is 32.1. The number of hydrogen-bond acceptors (Lipinski definition) is 5. The lowest BCUT2D eigenvalue weighted by atomic mass is 10.0. The van der Waals surface area contributed by atoms with Crippen LogP contribution in [-0.4, -0.2) is 52.9 Å². The molecular weight excluding hydrogens is 442 g/mol. The van der Waals surface area contributed by atoms with Crippen LogP contribution in [0, 0.1) is 0 Å². The van der Waals surface area contributed by atoms with Crippen molar-refractivity contribution in [1.82, 2.24) is 24.9 Å². The molecule has 1 aliphatic heterocycles. The summed E-state index contributed by atoms with van der Waals surface area (Å²) in [5.41, 5.74) is 5.26. The molecule has 0 unspecified atom stereocenters. The van der Waals surface area contributed by atoms with Crippen molar-refractivity contribution in [3.05, 3.63) is 59.8 Å². The fraction of sp³-hybridized carbons (Fsp3) is 0.407. The van der Waals surface area contributed by atoms with E-state index in [4.69, 9.17) is 4.98 Å². The Balaban J connectivity index is 1.28. The number of nitrogens with zero attached hydrogens (tertiary/aromatic N) is 3. The molecule has 34 heavy (non-hydrogen) atoms. The number of rotatable bonds is 9. The lowest BCUT2D eigenvalue weighted by Crippen LogP contribution is -2.29. The number of carbonyl (C=O) groups is 1. The zero-order valence-corrected chi connectivity index (χ0v) is 20.8. The molecule has 7 heteroatoms. The van der Waals surface area contributed by atoms with Crippen LogP contribution in [0.25, 0.3) is 26.4 Å². The maximum absolute atomic E-state index is 12.6. The van der Waals surface area contributed by atoms with Crippen molar-refractivity contribution in [3.8, 4) is 11.3 Å². The van der Waals surface area contributed by atoms with Crippen LogP contribution in [0.5, 0.6) is 0 Å². The van der Waals surface area contributed by atoms with E-state index in [9.17, 15) is 4.79 Å². The number of fused-ring (bicyclic) bond motifs is 3. The van der Waals surface area contributed by atoms with Crippen molar-refractivity contribution in [2.75, 3.05) is 32.7 Å². The Morgan fingerprint density at radius 3 is 2.76 bits per heavy atom. The first kappa shape index (κ1) is 23.0. The third kappa shape index (κ3) is 4.73. The third-order valence-corrected chi connectivity index (χ3v) is 7.87. The average Bonchev–Trinajstić information content (AvgIpc) is 3.60. The van der Waals surface area contributed by atoms with E-state index in [0.717, 1.165) is 59.0 Å². The molecular formula is C27H33N5OS. The molecule has 1 saturated heterocycles.